The molecule has 0 atom stereocenters. The summed E-state index contributed by atoms with van der Waals surface area (Å²) in [6.45, 7) is 2.68. The van der Waals surface area contributed by atoms with Crippen molar-refractivity contribution < 1.29 is 9.47 Å². The van der Waals surface area contributed by atoms with E-state index >= 15 is 0 Å². The molecule has 3 N–H and O–H groups in total. The fourth-order valence-electron chi connectivity index (χ4n) is 3.29. The van der Waals surface area contributed by atoms with Crippen LogP contribution in [0.3, 0.4) is 0 Å². The van der Waals surface area contributed by atoms with Gasteiger partial charge in [-0.15, -0.1) is 0 Å². The fourth-order valence-corrected chi connectivity index (χ4v) is 3.29. The zero-order valence-corrected chi connectivity index (χ0v) is 13.3. The highest BCUT2D eigenvalue weighted by Gasteiger charge is 2.18. The molecule has 2 aliphatic rings. The van der Waals surface area contributed by atoms with Gasteiger partial charge in [0.05, 0.1) is 13.2 Å². The van der Waals surface area contributed by atoms with Gasteiger partial charge < -0.3 is 20.5 Å². The number of hydrogen-bond donors (Lipinski definition) is 2. The normalized spacial score (nSPS) is 26.6. The number of benzene rings is 1. The molecule has 1 heterocycles. The van der Waals surface area contributed by atoms with E-state index in [1.165, 1.54) is 31.4 Å². The Labute approximate surface area is 133 Å². The Morgan fingerprint density at radius 1 is 1.00 bits per heavy atom. The highest BCUT2D eigenvalue weighted by atomic mass is 16.5. The lowest BCUT2D eigenvalue weighted by Gasteiger charge is -2.26. The number of nitrogens with two attached hydrogens (primary N) is 1. The Morgan fingerprint density at radius 3 is 2.36 bits per heavy atom. The Hall–Kier alpha value is -1.26. The molecule has 1 aliphatic carbocycles. The molecule has 22 heavy (non-hydrogen) atoms. The topological polar surface area (TPSA) is 56.5 Å². The SMILES string of the molecule is NC1CCC(CNc2ccc(OC3CCOCC3)cc2)CC1. The molecule has 0 radical (unpaired) electrons. The van der Waals surface area contributed by atoms with E-state index in [2.05, 4.69) is 29.6 Å². The summed E-state index contributed by atoms with van der Waals surface area (Å²) >= 11 is 0. The van der Waals surface area contributed by atoms with E-state index in [9.17, 15) is 0 Å². The molecule has 1 saturated carbocycles. The Balaban J connectivity index is 1.43. The maximum Gasteiger partial charge on any atom is 0.119 e. The third-order valence-corrected chi connectivity index (χ3v) is 4.81. The number of ether oxygens (including phenoxy) is 2. The number of hydrogen-bond acceptors (Lipinski definition) is 4. The van der Waals surface area contributed by atoms with Gasteiger partial charge in [0.1, 0.15) is 11.9 Å². The van der Waals surface area contributed by atoms with Crippen molar-refractivity contribution in [1.29, 1.82) is 0 Å². The summed E-state index contributed by atoms with van der Waals surface area (Å²) in [6, 6.07) is 8.79. The Kier molecular flexibility index (Phi) is 5.57. The van der Waals surface area contributed by atoms with E-state index < -0.39 is 0 Å². The number of rotatable bonds is 5. The molecule has 4 heteroatoms. The summed E-state index contributed by atoms with van der Waals surface area (Å²) in [7, 11) is 0. The van der Waals surface area contributed by atoms with Crippen molar-refractivity contribution in [2.45, 2.75) is 50.7 Å². The van der Waals surface area contributed by atoms with Gasteiger partial charge in [0.2, 0.25) is 0 Å². The summed E-state index contributed by atoms with van der Waals surface area (Å²) in [5, 5.41) is 3.54. The van der Waals surface area contributed by atoms with Crippen molar-refractivity contribution in [2.24, 2.45) is 11.7 Å². The minimum atomic E-state index is 0.305. The summed E-state index contributed by atoms with van der Waals surface area (Å²) in [5.74, 6) is 1.72. The molecule has 4 nitrogen and oxygen atoms in total. The molecule has 1 aromatic carbocycles. The lowest BCUT2D eigenvalue weighted by atomic mass is 9.86. The fraction of sp³-hybridized carbons (Fsp3) is 0.667. The Morgan fingerprint density at radius 2 is 1.68 bits per heavy atom. The van der Waals surface area contributed by atoms with Crippen LogP contribution in [-0.2, 0) is 4.74 Å². The van der Waals surface area contributed by atoms with Crippen LogP contribution < -0.4 is 15.8 Å². The van der Waals surface area contributed by atoms with Gasteiger partial charge >= 0.3 is 0 Å². The summed E-state index contributed by atoms with van der Waals surface area (Å²) < 4.78 is 11.3. The molecule has 122 valence electrons. The third-order valence-electron chi connectivity index (χ3n) is 4.81. The molecular weight excluding hydrogens is 276 g/mol. The molecule has 1 aromatic rings. The predicted octanol–water partition coefficient (Wildman–Crippen LogP) is 3.17. The van der Waals surface area contributed by atoms with Crippen molar-refractivity contribution in [3.05, 3.63) is 24.3 Å². The molecule has 0 spiro atoms. The standard InChI is InChI=1S/C18H28N2O2/c19-15-3-1-14(2-4-15)13-20-16-5-7-17(8-6-16)22-18-9-11-21-12-10-18/h5-8,14-15,18,20H,1-4,9-13,19H2. The molecule has 2 fully saturated rings. The average Bonchev–Trinajstić information content (AvgIpc) is 2.57. The van der Waals surface area contributed by atoms with Crippen LogP contribution in [0.1, 0.15) is 38.5 Å². The Bertz CT molecular complexity index is 435. The van der Waals surface area contributed by atoms with Crippen molar-refractivity contribution in [3.63, 3.8) is 0 Å². The van der Waals surface area contributed by atoms with Crippen LogP contribution in [-0.4, -0.2) is 31.9 Å². The summed E-state index contributed by atoms with van der Waals surface area (Å²) in [6.07, 6.45) is 7.12. The van der Waals surface area contributed by atoms with E-state index in [0.29, 0.717) is 12.1 Å². The first kappa shape index (κ1) is 15.6. The van der Waals surface area contributed by atoms with Gasteiger partial charge in [0.15, 0.2) is 0 Å². The molecule has 0 amide bonds. The molecular formula is C18H28N2O2. The van der Waals surface area contributed by atoms with Gasteiger partial charge in [-0.1, -0.05) is 0 Å². The second kappa shape index (κ2) is 7.84. The van der Waals surface area contributed by atoms with E-state index in [1.807, 2.05) is 0 Å². The van der Waals surface area contributed by atoms with Crippen LogP contribution in [0.5, 0.6) is 5.75 Å². The second-order valence-electron chi connectivity index (χ2n) is 6.62. The van der Waals surface area contributed by atoms with Crippen LogP contribution in [0, 0.1) is 5.92 Å². The summed E-state index contributed by atoms with van der Waals surface area (Å²) in [5.41, 5.74) is 7.13. The van der Waals surface area contributed by atoms with E-state index in [-0.39, 0.29) is 0 Å². The molecule has 0 bridgehead atoms. The zero-order valence-electron chi connectivity index (χ0n) is 13.3. The zero-order chi connectivity index (χ0) is 15.2. The van der Waals surface area contributed by atoms with Gasteiger partial charge in [-0.25, -0.2) is 0 Å². The first-order valence-corrected chi connectivity index (χ1v) is 8.63. The quantitative estimate of drug-likeness (QED) is 0.877. The summed E-state index contributed by atoms with van der Waals surface area (Å²) in [4.78, 5) is 0. The molecule has 0 aromatic heterocycles. The first-order valence-electron chi connectivity index (χ1n) is 8.63. The molecule has 1 saturated heterocycles. The maximum absolute atomic E-state index is 5.99. The van der Waals surface area contributed by atoms with Crippen LogP contribution in [0.4, 0.5) is 5.69 Å². The first-order chi connectivity index (χ1) is 10.8. The van der Waals surface area contributed by atoms with Gasteiger partial charge in [-0.2, -0.15) is 0 Å². The lowest BCUT2D eigenvalue weighted by molar-refractivity contribution is 0.0256. The van der Waals surface area contributed by atoms with Crippen molar-refractivity contribution >= 4 is 5.69 Å². The minimum Gasteiger partial charge on any atom is -0.490 e. The number of nitrogens with one attached hydrogen (secondary N) is 1. The van der Waals surface area contributed by atoms with Crippen LogP contribution >= 0.6 is 0 Å². The largest absolute Gasteiger partial charge is 0.490 e. The number of anilines is 1. The monoisotopic (exact) mass is 304 g/mol. The van der Waals surface area contributed by atoms with Crippen LogP contribution in [0.25, 0.3) is 0 Å². The smallest absolute Gasteiger partial charge is 0.119 e. The van der Waals surface area contributed by atoms with Crippen molar-refractivity contribution in [2.75, 3.05) is 25.1 Å². The van der Waals surface area contributed by atoms with Crippen LogP contribution in [0.2, 0.25) is 0 Å². The van der Waals surface area contributed by atoms with Gasteiger partial charge in [0, 0.05) is 31.1 Å². The van der Waals surface area contributed by atoms with E-state index in [1.54, 1.807) is 0 Å². The molecule has 0 unspecified atom stereocenters. The van der Waals surface area contributed by atoms with Gasteiger partial charge in [-0.3, -0.25) is 0 Å². The minimum absolute atomic E-state index is 0.305. The van der Waals surface area contributed by atoms with Gasteiger partial charge in [-0.05, 0) is 55.9 Å². The van der Waals surface area contributed by atoms with Crippen molar-refractivity contribution in [1.82, 2.24) is 0 Å². The average molecular weight is 304 g/mol. The highest BCUT2D eigenvalue weighted by molar-refractivity contribution is 5.46. The van der Waals surface area contributed by atoms with Crippen molar-refractivity contribution in [3.8, 4) is 5.75 Å². The van der Waals surface area contributed by atoms with Gasteiger partial charge in [0.25, 0.3) is 0 Å². The third kappa shape index (κ3) is 4.62. The molecule has 3 rings (SSSR count). The van der Waals surface area contributed by atoms with E-state index in [4.69, 9.17) is 15.2 Å². The van der Waals surface area contributed by atoms with Crippen LogP contribution in [0.15, 0.2) is 24.3 Å². The lowest BCUT2D eigenvalue weighted by Crippen LogP contribution is -2.29. The van der Waals surface area contributed by atoms with E-state index in [0.717, 1.165) is 44.3 Å². The highest BCUT2D eigenvalue weighted by Crippen LogP contribution is 2.24. The predicted molar refractivity (Wildman–Crippen MR) is 89.3 cm³/mol. The second-order valence-corrected chi connectivity index (χ2v) is 6.62. The molecule has 1 aliphatic heterocycles. The maximum atomic E-state index is 5.99.